The molecule has 1 unspecified atom stereocenters. The van der Waals surface area contributed by atoms with Crippen LogP contribution in [-0.2, 0) is 0 Å². The van der Waals surface area contributed by atoms with Crippen LogP contribution in [0.3, 0.4) is 0 Å². The highest BCUT2D eigenvalue weighted by atomic mass is 35.5. The SMILES string of the molecule is CCCCCCCCC(Cl)C1CC1. The van der Waals surface area contributed by atoms with Crippen LogP contribution in [0.4, 0.5) is 0 Å². The Balaban J connectivity index is 1.77. The fourth-order valence-electron chi connectivity index (χ4n) is 1.81. The van der Waals surface area contributed by atoms with Crippen LogP contribution >= 0.6 is 11.6 Å². The van der Waals surface area contributed by atoms with Gasteiger partial charge in [-0.15, -0.1) is 11.6 Å². The fourth-order valence-corrected chi connectivity index (χ4v) is 2.22. The number of hydrogen-bond acceptors (Lipinski definition) is 0. The molecule has 0 spiro atoms. The lowest BCUT2D eigenvalue weighted by Crippen LogP contribution is -2.00. The Hall–Kier alpha value is 0.290. The highest BCUT2D eigenvalue weighted by molar-refractivity contribution is 6.20. The second kappa shape index (κ2) is 6.70. The molecule has 1 heteroatoms. The highest BCUT2D eigenvalue weighted by Crippen LogP contribution is 2.37. The van der Waals surface area contributed by atoms with E-state index in [4.69, 9.17) is 11.6 Å². The van der Waals surface area contributed by atoms with E-state index in [-0.39, 0.29) is 0 Å². The van der Waals surface area contributed by atoms with E-state index >= 15 is 0 Å². The minimum atomic E-state index is 0.506. The van der Waals surface area contributed by atoms with Crippen LogP contribution < -0.4 is 0 Å². The maximum atomic E-state index is 6.22. The van der Waals surface area contributed by atoms with Crippen LogP contribution in [0.25, 0.3) is 0 Å². The molecular formula is C12H23Cl. The van der Waals surface area contributed by atoms with Gasteiger partial charge in [-0.05, 0) is 25.2 Å². The second-order valence-electron chi connectivity index (χ2n) is 4.41. The molecule has 0 bridgehead atoms. The van der Waals surface area contributed by atoms with Gasteiger partial charge in [-0.2, -0.15) is 0 Å². The molecule has 0 saturated heterocycles. The first-order valence-corrected chi connectivity index (χ1v) is 6.42. The standard InChI is InChI=1S/C12H23Cl/c1-2-3-4-5-6-7-8-12(13)11-9-10-11/h11-12H,2-10H2,1H3. The third-order valence-electron chi connectivity index (χ3n) is 2.97. The van der Waals surface area contributed by atoms with Gasteiger partial charge < -0.3 is 0 Å². The number of alkyl halides is 1. The first kappa shape index (κ1) is 11.4. The Morgan fingerprint density at radius 3 is 2.31 bits per heavy atom. The molecule has 0 radical (unpaired) electrons. The molecule has 0 aromatic carbocycles. The van der Waals surface area contributed by atoms with Crippen LogP contribution in [-0.4, -0.2) is 5.38 Å². The Kier molecular flexibility index (Phi) is 5.86. The van der Waals surface area contributed by atoms with Crippen LogP contribution in [0.15, 0.2) is 0 Å². The molecule has 1 fully saturated rings. The van der Waals surface area contributed by atoms with Crippen LogP contribution in [0.2, 0.25) is 0 Å². The predicted octanol–water partition coefficient (Wildman–Crippen LogP) is 4.75. The Bertz CT molecular complexity index is 118. The van der Waals surface area contributed by atoms with E-state index in [1.54, 1.807) is 0 Å². The lowest BCUT2D eigenvalue weighted by atomic mass is 10.1. The average molecular weight is 203 g/mol. The molecule has 1 saturated carbocycles. The maximum absolute atomic E-state index is 6.22. The third kappa shape index (κ3) is 5.57. The van der Waals surface area contributed by atoms with Crippen LogP contribution in [0.5, 0.6) is 0 Å². The van der Waals surface area contributed by atoms with Gasteiger partial charge in [0.25, 0.3) is 0 Å². The van der Waals surface area contributed by atoms with E-state index in [2.05, 4.69) is 6.92 Å². The molecule has 1 atom stereocenters. The van der Waals surface area contributed by atoms with Crippen molar-refractivity contribution < 1.29 is 0 Å². The monoisotopic (exact) mass is 202 g/mol. The summed E-state index contributed by atoms with van der Waals surface area (Å²) in [5.74, 6) is 0.886. The summed E-state index contributed by atoms with van der Waals surface area (Å²) in [4.78, 5) is 0. The van der Waals surface area contributed by atoms with Crippen molar-refractivity contribution in [3.8, 4) is 0 Å². The van der Waals surface area contributed by atoms with Gasteiger partial charge in [0.05, 0.1) is 0 Å². The van der Waals surface area contributed by atoms with Gasteiger partial charge in [0.1, 0.15) is 0 Å². The summed E-state index contributed by atoms with van der Waals surface area (Å²) >= 11 is 6.22. The van der Waals surface area contributed by atoms with Crippen LogP contribution in [0.1, 0.15) is 64.7 Å². The first-order valence-electron chi connectivity index (χ1n) is 5.98. The van der Waals surface area contributed by atoms with Gasteiger partial charge in [0.15, 0.2) is 0 Å². The number of unbranched alkanes of at least 4 members (excludes halogenated alkanes) is 5. The molecule has 1 rings (SSSR count). The molecule has 0 nitrogen and oxygen atoms in total. The molecule has 1 aliphatic carbocycles. The number of hydrogen-bond donors (Lipinski definition) is 0. The van der Waals surface area contributed by atoms with Gasteiger partial charge in [-0.3, -0.25) is 0 Å². The summed E-state index contributed by atoms with van der Waals surface area (Å²) in [7, 11) is 0. The average Bonchev–Trinajstić information content (AvgIpc) is 2.93. The molecule has 0 amide bonds. The summed E-state index contributed by atoms with van der Waals surface area (Å²) in [5.41, 5.74) is 0. The van der Waals surface area contributed by atoms with Crippen molar-refractivity contribution >= 4 is 11.6 Å². The molecule has 0 aromatic heterocycles. The van der Waals surface area contributed by atoms with E-state index in [0.29, 0.717) is 5.38 Å². The van der Waals surface area contributed by atoms with Crippen molar-refractivity contribution in [1.29, 1.82) is 0 Å². The topological polar surface area (TPSA) is 0 Å². The normalized spacial score (nSPS) is 18.9. The Morgan fingerprint density at radius 1 is 1.08 bits per heavy atom. The molecular weight excluding hydrogens is 180 g/mol. The summed E-state index contributed by atoms with van der Waals surface area (Å²) in [6.07, 6.45) is 12.4. The molecule has 13 heavy (non-hydrogen) atoms. The lowest BCUT2D eigenvalue weighted by Gasteiger charge is -2.06. The minimum absolute atomic E-state index is 0.506. The van der Waals surface area contributed by atoms with Gasteiger partial charge in [-0.25, -0.2) is 0 Å². The summed E-state index contributed by atoms with van der Waals surface area (Å²) < 4.78 is 0. The van der Waals surface area contributed by atoms with Gasteiger partial charge in [-0.1, -0.05) is 45.4 Å². The van der Waals surface area contributed by atoms with E-state index in [0.717, 1.165) is 5.92 Å². The van der Waals surface area contributed by atoms with Gasteiger partial charge in [0, 0.05) is 5.38 Å². The summed E-state index contributed by atoms with van der Waals surface area (Å²) in [6, 6.07) is 0. The van der Waals surface area contributed by atoms with Crippen molar-refractivity contribution in [3.05, 3.63) is 0 Å². The van der Waals surface area contributed by atoms with E-state index < -0.39 is 0 Å². The van der Waals surface area contributed by atoms with Crippen molar-refractivity contribution in [2.75, 3.05) is 0 Å². The zero-order valence-electron chi connectivity index (χ0n) is 8.90. The zero-order valence-corrected chi connectivity index (χ0v) is 9.65. The fraction of sp³-hybridized carbons (Fsp3) is 1.00. The molecule has 0 N–H and O–H groups in total. The summed E-state index contributed by atoms with van der Waals surface area (Å²) in [6.45, 7) is 2.27. The van der Waals surface area contributed by atoms with E-state index in [9.17, 15) is 0 Å². The quantitative estimate of drug-likeness (QED) is 0.394. The highest BCUT2D eigenvalue weighted by Gasteiger charge is 2.28. The summed E-state index contributed by atoms with van der Waals surface area (Å²) in [5, 5.41) is 0.506. The molecule has 0 heterocycles. The largest absolute Gasteiger partial charge is 0.123 e. The number of halogens is 1. The van der Waals surface area contributed by atoms with Crippen molar-refractivity contribution in [1.82, 2.24) is 0 Å². The molecule has 1 aliphatic rings. The number of rotatable bonds is 8. The molecule has 0 aliphatic heterocycles. The van der Waals surface area contributed by atoms with Crippen molar-refractivity contribution in [2.45, 2.75) is 70.1 Å². The van der Waals surface area contributed by atoms with Crippen molar-refractivity contribution in [2.24, 2.45) is 5.92 Å². The van der Waals surface area contributed by atoms with E-state index in [1.807, 2.05) is 0 Å². The predicted molar refractivity (Wildman–Crippen MR) is 60.4 cm³/mol. The Labute approximate surface area is 88.1 Å². The first-order chi connectivity index (χ1) is 6.34. The maximum Gasteiger partial charge on any atom is 0.0364 e. The zero-order chi connectivity index (χ0) is 9.52. The molecule has 78 valence electrons. The molecule has 0 aromatic rings. The minimum Gasteiger partial charge on any atom is -0.123 e. The van der Waals surface area contributed by atoms with E-state index in [1.165, 1.54) is 57.8 Å². The van der Waals surface area contributed by atoms with Crippen molar-refractivity contribution in [3.63, 3.8) is 0 Å². The lowest BCUT2D eigenvalue weighted by molar-refractivity contribution is 0.563. The van der Waals surface area contributed by atoms with Gasteiger partial charge in [0.2, 0.25) is 0 Å². The second-order valence-corrected chi connectivity index (χ2v) is 4.97. The Morgan fingerprint density at radius 2 is 1.69 bits per heavy atom. The van der Waals surface area contributed by atoms with Gasteiger partial charge >= 0.3 is 0 Å². The smallest absolute Gasteiger partial charge is 0.0364 e. The van der Waals surface area contributed by atoms with Crippen LogP contribution in [0, 0.1) is 5.92 Å². The third-order valence-corrected chi connectivity index (χ3v) is 3.54.